The molecule has 0 aliphatic carbocycles. The molecular weight excluding hydrogens is 236 g/mol. The van der Waals surface area contributed by atoms with E-state index in [4.69, 9.17) is 5.73 Å². The zero-order chi connectivity index (χ0) is 12.6. The maximum atomic E-state index is 11.4. The Balaban J connectivity index is 2.68. The smallest absolute Gasteiger partial charge is 0.151 e. The van der Waals surface area contributed by atoms with Crippen LogP contribution in [0.5, 0.6) is 0 Å². The zero-order valence-corrected chi connectivity index (χ0v) is 10.8. The molecule has 2 aromatic rings. The Bertz CT molecular complexity index is 656. The Morgan fingerprint density at radius 3 is 2.59 bits per heavy atom. The van der Waals surface area contributed by atoms with Gasteiger partial charge in [0, 0.05) is 31.4 Å². The van der Waals surface area contributed by atoms with E-state index in [1.165, 1.54) is 6.26 Å². The van der Waals surface area contributed by atoms with Crippen LogP contribution in [0.3, 0.4) is 0 Å². The van der Waals surface area contributed by atoms with Crippen molar-refractivity contribution in [3.63, 3.8) is 0 Å². The number of hydrogen-bond acceptors (Lipinski definition) is 3. The van der Waals surface area contributed by atoms with Crippen LogP contribution in [0, 0.1) is 0 Å². The molecule has 1 aromatic heterocycles. The predicted molar refractivity (Wildman–Crippen MR) is 69.4 cm³/mol. The summed E-state index contributed by atoms with van der Waals surface area (Å²) in [5.74, 6) is 0.0678. The number of aromatic nitrogens is 1. The molecule has 0 saturated heterocycles. The van der Waals surface area contributed by atoms with Crippen molar-refractivity contribution < 1.29 is 8.42 Å². The Morgan fingerprint density at radius 1 is 1.29 bits per heavy atom. The summed E-state index contributed by atoms with van der Waals surface area (Å²) in [6.07, 6.45) is 3.11. The molecule has 0 amide bonds. The minimum absolute atomic E-state index is 0.0678. The molecule has 0 aliphatic rings. The Hall–Kier alpha value is -1.33. The van der Waals surface area contributed by atoms with E-state index in [9.17, 15) is 8.42 Å². The second-order valence-electron chi connectivity index (χ2n) is 4.35. The summed E-state index contributed by atoms with van der Waals surface area (Å²) >= 11 is 0. The lowest BCUT2D eigenvalue weighted by Gasteiger charge is -2.03. The van der Waals surface area contributed by atoms with Crippen LogP contribution < -0.4 is 5.73 Å². The van der Waals surface area contributed by atoms with Gasteiger partial charge in [-0.25, -0.2) is 8.42 Å². The topological polar surface area (TPSA) is 65.1 Å². The first kappa shape index (κ1) is 12.1. The molecule has 5 heteroatoms. The van der Waals surface area contributed by atoms with Crippen LogP contribution in [0.1, 0.15) is 11.1 Å². The van der Waals surface area contributed by atoms with Crippen molar-refractivity contribution >= 4 is 20.7 Å². The van der Waals surface area contributed by atoms with Crippen molar-refractivity contribution in [2.24, 2.45) is 12.8 Å². The number of fused-ring (bicyclic) bond motifs is 1. The second kappa shape index (κ2) is 4.16. The molecule has 1 aromatic carbocycles. The summed E-state index contributed by atoms with van der Waals surface area (Å²) in [5, 5.41) is 0.973. The van der Waals surface area contributed by atoms with Crippen LogP contribution in [0.25, 0.3) is 10.9 Å². The first-order valence-corrected chi connectivity index (χ1v) is 7.42. The van der Waals surface area contributed by atoms with Crippen molar-refractivity contribution in [3.05, 3.63) is 35.5 Å². The third-order valence-electron chi connectivity index (χ3n) is 2.81. The molecule has 0 atom stereocenters. The van der Waals surface area contributed by atoms with Crippen molar-refractivity contribution in [2.45, 2.75) is 12.3 Å². The Labute approximate surface area is 101 Å². The number of benzene rings is 1. The molecule has 0 bridgehead atoms. The van der Waals surface area contributed by atoms with E-state index in [0.717, 1.165) is 22.0 Å². The fourth-order valence-corrected chi connectivity index (χ4v) is 2.99. The molecular formula is C12H16N2O2S. The fraction of sp³-hybridized carbons (Fsp3) is 0.333. The lowest BCUT2D eigenvalue weighted by molar-refractivity contribution is 0.601. The fourth-order valence-electron chi connectivity index (χ4n) is 2.20. The average molecular weight is 252 g/mol. The minimum Gasteiger partial charge on any atom is -0.350 e. The molecule has 0 unspecified atom stereocenters. The number of para-hydroxylation sites is 1. The van der Waals surface area contributed by atoms with Gasteiger partial charge in [-0.05, 0) is 11.1 Å². The Kier molecular flexibility index (Phi) is 2.97. The summed E-state index contributed by atoms with van der Waals surface area (Å²) in [7, 11) is -1.11. The highest BCUT2D eigenvalue weighted by atomic mass is 32.2. The first-order valence-electron chi connectivity index (χ1n) is 5.36. The largest absolute Gasteiger partial charge is 0.350 e. The van der Waals surface area contributed by atoms with Crippen molar-refractivity contribution in [3.8, 4) is 0 Å². The maximum absolute atomic E-state index is 11.4. The van der Waals surface area contributed by atoms with Gasteiger partial charge >= 0.3 is 0 Å². The number of rotatable bonds is 3. The molecule has 2 N–H and O–H groups in total. The van der Waals surface area contributed by atoms with Crippen LogP contribution in [0.2, 0.25) is 0 Å². The van der Waals surface area contributed by atoms with Crippen LogP contribution in [0.15, 0.2) is 24.4 Å². The van der Waals surface area contributed by atoms with Gasteiger partial charge < -0.3 is 10.3 Å². The Morgan fingerprint density at radius 2 is 2.00 bits per heavy atom. The summed E-state index contributed by atoms with van der Waals surface area (Å²) in [5.41, 5.74) is 8.58. The van der Waals surface area contributed by atoms with Crippen molar-refractivity contribution in [1.82, 2.24) is 4.57 Å². The van der Waals surface area contributed by atoms with Crippen LogP contribution in [0.4, 0.5) is 0 Å². The lowest BCUT2D eigenvalue weighted by atomic mass is 10.1. The van der Waals surface area contributed by atoms with Gasteiger partial charge in [-0.15, -0.1) is 0 Å². The van der Waals surface area contributed by atoms with Crippen LogP contribution >= 0.6 is 0 Å². The van der Waals surface area contributed by atoms with E-state index >= 15 is 0 Å². The molecule has 0 aliphatic heterocycles. The highest BCUT2D eigenvalue weighted by Gasteiger charge is 2.13. The molecule has 0 saturated carbocycles. The van der Waals surface area contributed by atoms with E-state index in [1.54, 1.807) is 0 Å². The molecule has 2 rings (SSSR count). The number of aryl methyl sites for hydroxylation is 1. The number of nitrogens with zero attached hydrogens (tertiary/aromatic N) is 1. The van der Waals surface area contributed by atoms with E-state index in [0.29, 0.717) is 6.54 Å². The van der Waals surface area contributed by atoms with Gasteiger partial charge in [0.25, 0.3) is 0 Å². The van der Waals surface area contributed by atoms with E-state index in [2.05, 4.69) is 0 Å². The molecule has 92 valence electrons. The SMILES string of the molecule is Cn1cc(CS(C)(=O)=O)c2cccc(CN)c21. The first-order chi connectivity index (χ1) is 7.92. The van der Waals surface area contributed by atoms with Gasteiger partial charge in [0.1, 0.15) is 0 Å². The van der Waals surface area contributed by atoms with E-state index < -0.39 is 9.84 Å². The molecule has 4 nitrogen and oxygen atoms in total. The number of nitrogens with two attached hydrogens (primary N) is 1. The summed E-state index contributed by atoms with van der Waals surface area (Å²) in [6, 6.07) is 5.82. The van der Waals surface area contributed by atoms with Gasteiger partial charge in [-0.2, -0.15) is 0 Å². The quantitative estimate of drug-likeness (QED) is 0.892. The van der Waals surface area contributed by atoms with Gasteiger partial charge in [-0.3, -0.25) is 0 Å². The van der Waals surface area contributed by atoms with E-state index in [-0.39, 0.29) is 5.75 Å². The number of sulfone groups is 1. The lowest BCUT2D eigenvalue weighted by Crippen LogP contribution is -2.00. The van der Waals surface area contributed by atoms with Crippen LogP contribution in [-0.2, 0) is 29.2 Å². The van der Waals surface area contributed by atoms with Gasteiger partial charge in [0.2, 0.25) is 0 Å². The highest BCUT2D eigenvalue weighted by molar-refractivity contribution is 7.89. The standard InChI is InChI=1S/C12H16N2O2S/c1-14-7-10(8-17(2,15)16)11-5-3-4-9(6-13)12(11)14/h3-5,7H,6,8,13H2,1-2H3. The van der Waals surface area contributed by atoms with Crippen LogP contribution in [-0.4, -0.2) is 19.2 Å². The summed E-state index contributed by atoms with van der Waals surface area (Å²) < 4.78 is 24.7. The highest BCUT2D eigenvalue weighted by Crippen LogP contribution is 2.25. The van der Waals surface area contributed by atoms with Gasteiger partial charge in [0.15, 0.2) is 9.84 Å². The zero-order valence-electron chi connectivity index (χ0n) is 9.97. The van der Waals surface area contributed by atoms with Crippen molar-refractivity contribution in [1.29, 1.82) is 0 Å². The average Bonchev–Trinajstić information content (AvgIpc) is 2.53. The minimum atomic E-state index is -3.02. The van der Waals surface area contributed by atoms with Gasteiger partial charge in [0.05, 0.1) is 11.3 Å². The predicted octanol–water partition coefficient (Wildman–Crippen LogP) is 1.18. The maximum Gasteiger partial charge on any atom is 0.151 e. The van der Waals surface area contributed by atoms with Gasteiger partial charge in [-0.1, -0.05) is 18.2 Å². The third kappa shape index (κ3) is 2.35. The molecule has 1 heterocycles. The van der Waals surface area contributed by atoms with E-state index in [1.807, 2.05) is 36.0 Å². The molecule has 0 fully saturated rings. The third-order valence-corrected chi connectivity index (χ3v) is 3.64. The molecule has 17 heavy (non-hydrogen) atoms. The molecule has 0 radical (unpaired) electrons. The monoisotopic (exact) mass is 252 g/mol. The number of hydrogen-bond donors (Lipinski definition) is 1. The normalized spacial score (nSPS) is 12.2. The summed E-state index contributed by atoms with van der Waals surface area (Å²) in [6.45, 7) is 0.452. The summed E-state index contributed by atoms with van der Waals surface area (Å²) in [4.78, 5) is 0. The molecule has 0 spiro atoms. The second-order valence-corrected chi connectivity index (χ2v) is 6.49. The van der Waals surface area contributed by atoms with Crippen molar-refractivity contribution in [2.75, 3.05) is 6.26 Å².